The van der Waals surface area contributed by atoms with Crippen LogP contribution in [0.3, 0.4) is 0 Å². The first-order valence-corrected chi connectivity index (χ1v) is 10.9. The standard InChI is InChI=1S/C24H23ClN2O4/c1-14-9-17-19(26-31-22(17)10-15(14)2)12-23(29)27-7-5-24(6-8-27)13-20(28)18-11-16(25)3-4-21(18)30-24/h3-4,9-11H,5-8,12-13H2,1-2H3. The highest BCUT2D eigenvalue weighted by atomic mass is 35.5. The van der Waals surface area contributed by atoms with Crippen molar-refractivity contribution in [2.24, 2.45) is 0 Å². The Morgan fingerprint density at radius 1 is 1.16 bits per heavy atom. The Kier molecular flexibility index (Phi) is 4.77. The van der Waals surface area contributed by atoms with Crippen LogP contribution >= 0.6 is 11.6 Å². The van der Waals surface area contributed by atoms with E-state index in [9.17, 15) is 9.59 Å². The smallest absolute Gasteiger partial charge is 0.228 e. The highest BCUT2D eigenvalue weighted by molar-refractivity contribution is 6.31. The molecule has 1 spiro atoms. The van der Waals surface area contributed by atoms with Gasteiger partial charge >= 0.3 is 0 Å². The molecule has 0 aliphatic carbocycles. The molecule has 0 N–H and O–H groups in total. The normalized spacial score (nSPS) is 17.6. The van der Waals surface area contributed by atoms with Gasteiger partial charge in [0.15, 0.2) is 11.4 Å². The number of ketones is 1. The monoisotopic (exact) mass is 438 g/mol. The molecule has 0 bridgehead atoms. The zero-order valence-electron chi connectivity index (χ0n) is 17.5. The maximum Gasteiger partial charge on any atom is 0.228 e. The van der Waals surface area contributed by atoms with Crippen LogP contribution < -0.4 is 4.74 Å². The third-order valence-electron chi connectivity index (χ3n) is 6.56. The number of likely N-dealkylation sites (tertiary alicyclic amines) is 1. The molecule has 1 fully saturated rings. The second-order valence-corrected chi connectivity index (χ2v) is 9.08. The van der Waals surface area contributed by atoms with Gasteiger partial charge in [-0.1, -0.05) is 16.8 Å². The van der Waals surface area contributed by atoms with Gasteiger partial charge in [0.2, 0.25) is 5.91 Å². The molecular formula is C24H23ClN2O4. The molecule has 3 heterocycles. The van der Waals surface area contributed by atoms with Crippen molar-refractivity contribution >= 4 is 34.3 Å². The lowest BCUT2D eigenvalue weighted by Gasteiger charge is -2.44. The fourth-order valence-corrected chi connectivity index (χ4v) is 4.71. The summed E-state index contributed by atoms with van der Waals surface area (Å²) >= 11 is 6.02. The summed E-state index contributed by atoms with van der Waals surface area (Å²) in [6.45, 7) is 5.15. The third kappa shape index (κ3) is 3.59. The number of hydrogen-bond acceptors (Lipinski definition) is 5. The van der Waals surface area contributed by atoms with Gasteiger partial charge in [-0.25, -0.2) is 0 Å². The van der Waals surface area contributed by atoms with Gasteiger partial charge in [-0.3, -0.25) is 9.59 Å². The van der Waals surface area contributed by atoms with Gasteiger partial charge in [0.25, 0.3) is 0 Å². The molecule has 1 aromatic heterocycles. The van der Waals surface area contributed by atoms with Crippen molar-refractivity contribution in [1.29, 1.82) is 0 Å². The van der Waals surface area contributed by atoms with E-state index in [0.717, 1.165) is 16.5 Å². The second-order valence-electron chi connectivity index (χ2n) is 8.64. The summed E-state index contributed by atoms with van der Waals surface area (Å²) in [4.78, 5) is 27.5. The number of carbonyl (C=O) groups excluding carboxylic acids is 2. The van der Waals surface area contributed by atoms with E-state index < -0.39 is 5.60 Å². The average Bonchev–Trinajstić information content (AvgIpc) is 3.11. The van der Waals surface area contributed by atoms with E-state index >= 15 is 0 Å². The highest BCUT2D eigenvalue weighted by Crippen LogP contribution is 2.40. The average molecular weight is 439 g/mol. The van der Waals surface area contributed by atoms with Crippen molar-refractivity contribution in [3.63, 3.8) is 0 Å². The molecule has 7 heteroatoms. The lowest BCUT2D eigenvalue weighted by atomic mass is 9.82. The van der Waals surface area contributed by atoms with Crippen LogP contribution in [0.25, 0.3) is 11.0 Å². The predicted octanol–water partition coefficient (Wildman–Crippen LogP) is 4.67. The van der Waals surface area contributed by atoms with Crippen molar-refractivity contribution in [3.8, 4) is 5.75 Å². The van der Waals surface area contributed by atoms with Gasteiger partial charge in [-0.2, -0.15) is 0 Å². The van der Waals surface area contributed by atoms with E-state index in [1.54, 1.807) is 18.2 Å². The Balaban J connectivity index is 1.28. The summed E-state index contributed by atoms with van der Waals surface area (Å²) in [5.41, 5.74) is 3.64. The zero-order valence-corrected chi connectivity index (χ0v) is 18.3. The van der Waals surface area contributed by atoms with Gasteiger partial charge in [-0.05, 0) is 55.3 Å². The number of aromatic nitrogens is 1. The van der Waals surface area contributed by atoms with E-state index in [0.29, 0.717) is 60.0 Å². The Bertz CT molecular complexity index is 1210. The molecule has 1 amide bonds. The van der Waals surface area contributed by atoms with Gasteiger partial charge < -0.3 is 14.2 Å². The lowest BCUT2D eigenvalue weighted by molar-refractivity contribution is -0.134. The fraction of sp³-hybridized carbons (Fsp3) is 0.375. The van der Waals surface area contributed by atoms with Crippen LogP contribution in [0.4, 0.5) is 0 Å². The maximum atomic E-state index is 13.0. The van der Waals surface area contributed by atoms with E-state index in [1.165, 1.54) is 0 Å². The molecule has 0 saturated carbocycles. The maximum absolute atomic E-state index is 13.0. The molecule has 3 aromatic rings. The number of piperidine rings is 1. The number of halogens is 1. The molecule has 6 nitrogen and oxygen atoms in total. The number of carbonyl (C=O) groups is 2. The van der Waals surface area contributed by atoms with Crippen LogP contribution in [0.1, 0.15) is 46.4 Å². The molecule has 0 unspecified atom stereocenters. The van der Waals surface area contributed by atoms with Crippen molar-refractivity contribution in [2.45, 2.75) is 45.1 Å². The molecular weight excluding hydrogens is 416 g/mol. The molecule has 2 aliphatic heterocycles. The van der Waals surface area contributed by atoms with Crippen molar-refractivity contribution < 1.29 is 18.8 Å². The molecule has 160 valence electrons. The minimum absolute atomic E-state index is 0.0117. The van der Waals surface area contributed by atoms with Crippen LogP contribution in [0.5, 0.6) is 5.75 Å². The molecule has 0 radical (unpaired) electrons. The molecule has 5 rings (SSSR count). The summed E-state index contributed by atoms with van der Waals surface area (Å²) in [5, 5.41) is 5.55. The Morgan fingerprint density at radius 3 is 2.68 bits per heavy atom. The number of fused-ring (bicyclic) bond motifs is 2. The summed E-state index contributed by atoms with van der Waals surface area (Å²) in [6.07, 6.45) is 1.74. The molecule has 0 atom stereocenters. The molecule has 2 aromatic carbocycles. The number of aryl methyl sites for hydroxylation is 2. The van der Waals surface area contributed by atoms with Gasteiger partial charge in [-0.15, -0.1) is 0 Å². The van der Waals surface area contributed by atoms with E-state index in [4.69, 9.17) is 20.9 Å². The van der Waals surface area contributed by atoms with Gasteiger partial charge in [0.05, 0.1) is 18.4 Å². The summed E-state index contributed by atoms with van der Waals surface area (Å²) in [5.74, 6) is 0.640. The first kappa shape index (κ1) is 20.1. The van der Waals surface area contributed by atoms with E-state index in [2.05, 4.69) is 5.16 Å². The SMILES string of the molecule is Cc1cc2onc(CC(=O)N3CCC4(CC3)CC(=O)c3cc(Cl)ccc3O4)c2cc1C. The number of ether oxygens (including phenoxy) is 1. The minimum atomic E-state index is -0.552. The fourth-order valence-electron chi connectivity index (χ4n) is 4.54. The largest absolute Gasteiger partial charge is 0.486 e. The van der Waals surface area contributed by atoms with Crippen molar-refractivity contribution in [3.05, 3.63) is 57.7 Å². The number of Topliss-reactive ketones (excluding diaryl/α,β-unsaturated/α-hetero) is 1. The van der Waals surface area contributed by atoms with Crippen molar-refractivity contribution in [1.82, 2.24) is 10.1 Å². The first-order chi connectivity index (χ1) is 14.8. The zero-order chi connectivity index (χ0) is 21.8. The number of rotatable bonds is 2. The van der Waals surface area contributed by atoms with E-state index in [1.807, 2.05) is 30.9 Å². The third-order valence-corrected chi connectivity index (χ3v) is 6.79. The predicted molar refractivity (Wildman–Crippen MR) is 117 cm³/mol. The van der Waals surface area contributed by atoms with Gasteiger partial charge in [0, 0.05) is 36.3 Å². The van der Waals surface area contributed by atoms with Crippen LogP contribution in [0.15, 0.2) is 34.9 Å². The van der Waals surface area contributed by atoms with Gasteiger partial charge in [0.1, 0.15) is 17.0 Å². The van der Waals surface area contributed by atoms with Crippen LogP contribution in [0, 0.1) is 13.8 Å². The topological polar surface area (TPSA) is 72.6 Å². The van der Waals surface area contributed by atoms with Crippen LogP contribution in [0.2, 0.25) is 5.02 Å². The first-order valence-electron chi connectivity index (χ1n) is 10.5. The van der Waals surface area contributed by atoms with E-state index in [-0.39, 0.29) is 18.1 Å². The Hall–Kier alpha value is -2.86. The summed E-state index contributed by atoms with van der Waals surface area (Å²) < 4.78 is 11.7. The number of nitrogens with zero attached hydrogens (tertiary/aromatic N) is 2. The Morgan fingerprint density at radius 2 is 1.90 bits per heavy atom. The van der Waals surface area contributed by atoms with Crippen molar-refractivity contribution in [2.75, 3.05) is 13.1 Å². The molecule has 1 saturated heterocycles. The lowest BCUT2D eigenvalue weighted by Crippen LogP contribution is -2.52. The van der Waals surface area contributed by atoms with Crippen LogP contribution in [-0.4, -0.2) is 40.4 Å². The number of hydrogen-bond donors (Lipinski definition) is 0. The molecule has 2 aliphatic rings. The minimum Gasteiger partial charge on any atom is -0.486 e. The summed E-state index contributed by atoms with van der Waals surface area (Å²) in [6, 6.07) is 9.14. The molecule has 31 heavy (non-hydrogen) atoms. The number of benzene rings is 2. The quantitative estimate of drug-likeness (QED) is 0.581. The Labute approximate surface area is 185 Å². The highest BCUT2D eigenvalue weighted by Gasteiger charge is 2.43. The second kappa shape index (κ2) is 7.38. The van der Waals surface area contributed by atoms with Crippen LogP contribution in [-0.2, 0) is 11.2 Å². The summed E-state index contributed by atoms with van der Waals surface area (Å²) in [7, 11) is 0. The number of amides is 1.